The Kier molecular flexibility index (Phi) is 4.73. The largest absolute Gasteiger partial charge is 0.390 e. The lowest BCUT2D eigenvalue weighted by atomic mass is 9.98. The van der Waals surface area contributed by atoms with Crippen LogP contribution in [0.5, 0.6) is 0 Å². The molecule has 1 aliphatic rings. The van der Waals surface area contributed by atoms with E-state index in [1.807, 2.05) is 0 Å². The molecular formula is C13H17ClF2N2O. The number of aliphatic hydroxyl groups excluding tert-OH is 1. The van der Waals surface area contributed by atoms with E-state index in [0.717, 1.165) is 0 Å². The smallest absolute Gasteiger partial charge is 0.289 e. The van der Waals surface area contributed by atoms with Crippen LogP contribution in [0.4, 0.5) is 8.78 Å². The molecule has 1 aliphatic heterocycles. The van der Waals surface area contributed by atoms with Crippen molar-refractivity contribution in [3.8, 4) is 0 Å². The number of halogens is 3. The highest BCUT2D eigenvalue weighted by Crippen LogP contribution is 2.37. The van der Waals surface area contributed by atoms with Gasteiger partial charge in [-0.1, -0.05) is 23.7 Å². The molecule has 0 bridgehead atoms. The molecule has 1 aromatic carbocycles. The number of hydrogen-bond acceptors (Lipinski definition) is 3. The summed E-state index contributed by atoms with van der Waals surface area (Å²) in [6, 6.07) is 5.33. The second kappa shape index (κ2) is 6.13. The van der Waals surface area contributed by atoms with Crippen LogP contribution >= 0.6 is 11.6 Å². The van der Waals surface area contributed by atoms with E-state index in [4.69, 9.17) is 16.7 Å². The molecule has 106 valence electrons. The normalized spacial score (nSPS) is 19.4. The Morgan fingerprint density at radius 3 is 2.63 bits per heavy atom. The molecule has 2 N–H and O–H groups in total. The van der Waals surface area contributed by atoms with Crippen molar-refractivity contribution in [2.75, 3.05) is 32.8 Å². The van der Waals surface area contributed by atoms with E-state index in [-0.39, 0.29) is 0 Å². The summed E-state index contributed by atoms with van der Waals surface area (Å²) in [5.41, 5.74) is 0.438. The third kappa shape index (κ3) is 3.42. The lowest BCUT2D eigenvalue weighted by molar-refractivity contribution is -0.118. The maximum atomic E-state index is 14.1. The summed E-state index contributed by atoms with van der Waals surface area (Å²) in [7, 11) is 0. The summed E-state index contributed by atoms with van der Waals surface area (Å²) >= 11 is 5.88. The van der Waals surface area contributed by atoms with Gasteiger partial charge in [-0.3, -0.25) is 4.90 Å². The SMILES string of the molecule is OCC(F)(F)[C@@H](c1cccc(Cl)c1)N1CCNCC1. The predicted molar refractivity (Wildman–Crippen MR) is 70.7 cm³/mol. The van der Waals surface area contributed by atoms with E-state index in [1.54, 1.807) is 23.1 Å². The molecule has 1 aromatic rings. The zero-order chi connectivity index (χ0) is 13.9. The van der Waals surface area contributed by atoms with Crippen molar-refractivity contribution in [3.63, 3.8) is 0 Å². The Balaban J connectivity index is 2.33. The first-order valence-corrected chi connectivity index (χ1v) is 6.61. The minimum absolute atomic E-state index is 0.423. The fraction of sp³-hybridized carbons (Fsp3) is 0.538. The third-order valence-electron chi connectivity index (χ3n) is 3.29. The Hall–Kier alpha value is -0.750. The van der Waals surface area contributed by atoms with Crippen LogP contribution in [0.2, 0.25) is 5.02 Å². The number of hydrogen-bond donors (Lipinski definition) is 2. The molecule has 0 saturated carbocycles. The van der Waals surface area contributed by atoms with Crippen LogP contribution in [0.3, 0.4) is 0 Å². The zero-order valence-corrected chi connectivity index (χ0v) is 11.2. The molecule has 0 aromatic heterocycles. The number of alkyl halides is 2. The van der Waals surface area contributed by atoms with E-state index in [1.165, 1.54) is 6.07 Å². The first-order valence-electron chi connectivity index (χ1n) is 6.23. The molecule has 1 saturated heterocycles. The summed E-state index contributed by atoms with van der Waals surface area (Å²) in [4.78, 5) is 1.69. The quantitative estimate of drug-likeness (QED) is 0.889. The number of benzene rings is 1. The highest BCUT2D eigenvalue weighted by molar-refractivity contribution is 6.30. The van der Waals surface area contributed by atoms with Gasteiger partial charge in [0.2, 0.25) is 0 Å². The Morgan fingerprint density at radius 1 is 1.37 bits per heavy atom. The molecule has 0 aliphatic carbocycles. The molecule has 1 heterocycles. The molecule has 6 heteroatoms. The zero-order valence-electron chi connectivity index (χ0n) is 10.5. The van der Waals surface area contributed by atoms with E-state index >= 15 is 0 Å². The van der Waals surface area contributed by atoms with Gasteiger partial charge in [0.25, 0.3) is 5.92 Å². The van der Waals surface area contributed by atoms with E-state index in [0.29, 0.717) is 36.8 Å². The standard InChI is InChI=1S/C13H17ClF2N2O/c14-11-3-1-2-10(8-11)12(13(15,16)9-19)18-6-4-17-5-7-18/h1-3,8,12,17,19H,4-7,9H2/t12-/m1/s1. The average Bonchev–Trinajstić information content (AvgIpc) is 2.40. The fourth-order valence-electron chi connectivity index (χ4n) is 2.43. The predicted octanol–water partition coefficient (Wildman–Crippen LogP) is 1.91. The third-order valence-corrected chi connectivity index (χ3v) is 3.53. The molecular weight excluding hydrogens is 274 g/mol. The number of nitrogens with zero attached hydrogens (tertiary/aromatic N) is 1. The number of nitrogens with one attached hydrogen (secondary N) is 1. The summed E-state index contributed by atoms with van der Waals surface area (Å²) in [5.74, 6) is -3.19. The van der Waals surface area contributed by atoms with Crippen molar-refractivity contribution in [2.24, 2.45) is 0 Å². The van der Waals surface area contributed by atoms with Crippen molar-refractivity contribution in [1.82, 2.24) is 10.2 Å². The first-order chi connectivity index (χ1) is 9.04. The summed E-state index contributed by atoms with van der Waals surface area (Å²) in [6.07, 6.45) is 0. The highest BCUT2D eigenvalue weighted by atomic mass is 35.5. The van der Waals surface area contributed by atoms with Gasteiger partial charge in [-0.2, -0.15) is 0 Å². The van der Waals surface area contributed by atoms with Crippen LogP contribution in [0.1, 0.15) is 11.6 Å². The van der Waals surface area contributed by atoms with Gasteiger partial charge in [-0.15, -0.1) is 0 Å². The maximum absolute atomic E-state index is 14.1. The van der Waals surface area contributed by atoms with Crippen LogP contribution in [0.15, 0.2) is 24.3 Å². The van der Waals surface area contributed by atoms with Gasteiger partial charge in [-0.05, 0) is 17.7 Å². The van der Waals surface area contributed by atoms with E-state index < -0.39 is 18.6 Å². The lowest BCUT2D eigenvalue weighted by Gasteiger charge is -2.38. The van der Waals surface area contributed by atoms with Gasteiger partial charge in [0, 0.05) is 31.2 Å². The lowest BCUT2D eigenvalue weighted by Crippen LogP contribution is -2.51. The summed E-state index contributed by atoms with van der Waals surface area (Å²) in [5, 5.41) is 12.5. The second-order valence-corrected chi connectivity index (χ2v) is 5.10. The van der Waals surface area contributed by atoms with Crippen molar-refractivity contribution in [2.45, 2.75) is 12.0 Å². The average molecular weight is 291 g/mol. The van der Waals surface area contributed by atoms with Gasteiger partial charge < -0.3 is 10.4 Å². The maximum Gasteiger partial charge on any atom is 0.289 e. The Morgan fingerprint density at radius 2 is 2.05 bits per heavy atom. The molecule has 19 heavy (non-hydrogen) atoms. The molecule has 0 spiro atoms. The van der Waals surface area contributed by atoms with E-state index in [2.05, 4.69) is 5.32 Å². The van der Waals surface area contributed by atoms with Crippen molar-refractivity contribution in [1.29, 1.82) is 0 Å². The van der Waals surface area contributed by atoms with Gasteiger partial charge in [-0.25, -0.2) is 8.78 Å². The minimum Gasteiger partial charge on any atom is -0.390 e. The molecule has 0 amide bonds. The second-order valence-electron chi connectivity index (χ2n) is 4.66. The molecule has 1 fully saturated rings. The Bertz CT molecular complexity index is 425. The van der Waals surface area contributed by atoms with Crippen molar-refractivity contribution >= 4 is 11.6 Å². The van der Waals surface area contributed by atoms with Gasteiger partial charge in [0.15, 0.2) is 0 Å². The van der Waals surface area contributed by atoms with Crippen LogP contribution in [0, 0.1) is 0 Å². The van der Waals surface area contributed by atoms with Crippen molar-refractivity contribution < 1.29 is 13.9 Å². The van der Waals surface area contributed by atoms with Gasteiger partial charge in [0.1, 0.15) is 12.6 Å². The topological polar surface area (TPSA) is 35.5 Å². The summed E-state index contributed by atoms with van der Waals surface area (Å²) in [6.45, 7) is 1.20. The molecule has 3 nitrogen and oxygen atoms in total. The minimum atomic E-state index is -3.19. The number of rotatable bonds is 4. The number of aliphatic hydroxyl groups is 1. The Labute approximate surface area is 116 Å². The molecule has 2 rings (SSSR count). The molecule has 0 unspecified atom stereocenters. The van der Waals surface area contributed by atoms with Crippen LogP contribution in [0.25, 0.3) is 0 Å². The van der Waals surface area contributed by atoms with Crippen LogP contribution < -0.4 is 5.32 Å². The summed E-state index contributed by atoms with van der Waals surface area (Å²) < 4.78 is 28.1. The number of piperazine rings is 1. The van der Waals surface area contributed by atoms with Gasteiger partial charge in [0.05, 0.1) is 0 Å². The van der Waals surface area contributed by atoms with Gasteiger partial charge >= 0.3 is 0 Å². The van der Waals surface area contributed by atoms with Crippen LogP contribution in [-0.4, -0.2) is 48.7 Å². The monoisotopic (exact) mass is 290 g/mol. The molecule has 1 atom stereocenters. The van der Waals surface area contributed by atoms with Crippen molar-refractivity contribution in [3.05, 3.63) is 34.9 Å². The van der Waals surface area contributed by atoms with E-state index in [9.17, 15) is 8.78 Å². The van der Waals surface area contributed by atoms with Crippen LogP contribution in [-0.2, 0) is 0 Å². The fourth-order valence-corrected chi connectivity index (χ4v) is 2.62. The highest BCUT2D eigenvalue weighted by Gasteiger charge is 2.43. The first kappa shape index (κ1) is 14.7. The molecule has 0 radical (unpaired) electrons.